The standard InChI is InChI=1S/C20H18N4O3S/c1-12-10-21-18(28-12)22-16(25)11-24-17(26)20(2,23-19(24)27)15-8-7-13-5-3-4-6-14(13)9-15/h3-10H,11H2,1-2H3,(H,23,27)(H,21,22,25)/t20-/m0/s1. The van der Waals surface area contributed by atoms with Gasteiger partial charge in [0.25, 0.3) is 5.91 Å². The Morgan fingerprint density at radius 2 is 1.96 bits per heavy atom. The normalized spacial score (nSPS) is 19.1. The largest absolute Gasteiger partial charge is 0.325 e. The van der Waals surface area contributed by atoms with Gasteiger partial charge in [-0.2, -0.15) is 0 Å². The number of nitrogens with zero attached hydrogens (tertiary/aromatic N) is 2. The Morgan fingerprint density at radius 1 is 1.21 bits per heavy atom. The summed E-state index contributed by atoms with van der Waals surface area (Å²) in [4.78, 5) is 43.7. The number of hydrogen-bond donors (Lipinski definition) is 2. The minimum Gasteiger partial charge on any atom is -0.319 e. The molecule has 0 aliphatic carbocycles. The molecule has 1 atom stereocenters. The Labute approximate surface area is 165 Å². The summed E-state index contributed by atoms with van der Waals surface area (Å²) in [6.07, 6.45) is 1.64. The molecule has 28 heavy (non-hydrogen) atoms. The second-order valence-corrected chi connectivity index (χ2v) is 8.07. The van der Waals surface area contributed by atoms with Crippen molar-refractivity contribution in [3.8, 4) is 0 Å². The topological polar surface area (TPSA) is 91.4 Å². The molecule has 8 heteroatoms. The van der Waals surface area contributed by atoms with Crippen LogP contribution < -0.4 is 10.6 Å². The van der Waals surface area contributed by atoms with E-state index in [9.17, 15) is 14.4 Å². The molecule has 0 spiro atoms. The Balaban J connectivity index is 1.55. The average molecular weight is 394 g/mol. The lowest BCUT2D eigenvalue weighted by Crippen LogP contribution is -2.42. The third kappa shape index (κ3) is 3.11. The highest BCUT2D eigenvalue weighted by molar-refractivity contribution is 7.15. The monoisotopic (exact) mass is 394 g/mol. The van der Waals surface area contributed by atoms with E-state index in [0.29, 0.717) is 10.7 Å². The number of fused-ring (bicyclic) bond motifs is 1. The highest BCUT2D eigenvalue weighted by Gasteiger charge is 2.49. The van der Waals surface area contributed by atoms with Gasteiger partial charge in [0, 0.05) is 11.1 Å². The second kappa shape index (κ2) is 6.72. The van der Waals surface area contributed by atoms with E-state index in [2.05, 4.69) is 15.6 Å². The highest BCUT2D eigenvalue weighted by Crippen LogP contribution is 2.31. The zero-order valence-electron chi connectivity index (χ0n) is 15.4. The first-order valence-electron chi connectivity index (χ1n) is 8.72. The van der Waals surface area contributed by atoms with E-state index in [-0.39, 0.29) is 6.54 Å². The third-order valence-electron chi connectivity index (χ3n) is 4.77. The number of hydrogen-bond acceptors (Lipinski definition) is 5. The van der Waals surface area contributed by atoms with E-state index in [0.717, 1.165) is 20.5 Å². The number of benzene rings is 2. The van der Waals surface area contributed by atoms with Crippen molar-refractivity contribution < 1.29 is 14.4 Å². The second-order valence-electron chi connectivity index (χ2n) is 6.83. The van der Waals surface area contributed by atoms with E-state index in [1.165, 1.54) is 11.3 Å². The van der Waals surface area contributed by atoms with Crippen LogP contribution >= 0.6 is 11.3 Å². The summed E-state index contributed by atoms with van der Waals surface area (Å²) in [7, 11) is 0. The van der Waals surface area contributed by atoms with Gasteiger partial charge in [-0.05, 0) is 36.2 Å². The summed E-state index contributed by atoms with van der Waals surface area (Å²) >= 11 is 1.33. The van der Waals surface area contributed by atoms with Crippen molar-refractivity contribution in [2.45, 2.75) is 19.4 Å². The van der Waals surface area contributed by atoms with Crippen molar-refractivity contribution in [1.29, 1.82) is 0 Å². The molecular formula is C20H18N4O3S. The van der Waals surface area contributed by atoms with Gasteiger partial charge >= 0.3 is 6.03 Å². The minimum atomic E-state index is -1.22. The predicted octanol–water partition coefficient (Wildman–Crippen LogP) is 3.01. The molecule has 3 aromatic rings. The van der Waals surface area contributed by atoms with Crippen molar-refractivity contribution in [3.05, 3.63) is 59.1 Å². The lowest BCUT2D eigenvalue weighted by atomic mass is 9.90. The number of aromatic nitrogens is 1. The first-order chi connectivity index (χ1) is 13.4. The van der Waals surface area contributed by atoms with Crippen LogP contribution in [0.25, 0.3) is 10.8 Å². The first kappa shape index (κ1) is 18.1. The maximum absolute atomic E-state index is 13.0. The lowest BCUT2D eigenvalue weighted by molar-refractivity contribution is -0.133. The van der Waals surface area contributed by atoms with Gasteiger partial charge in [0.1, 0.15) is 12.1 Å². The number of urea groups is 1. The molecule has 0 unspecified atom stereocenters. The van der Waals surface area contributed by atoms with Gasteiger partial charge in [-0.25, -0.2) is 9.78 Å². The van der Waals surface area contributed by atoms with Crippen LogP contribution in [-0.2, 0) is 15.1 Å². The number of imide groups is 1. The van der Waals surface area contributed by atoms with E-state index in [1.54, 1.807) is 13.1 Å². The Bertz CT molecular complexity index is 1110. The van der Waals surface area contributed by atoms with Crippen molar-refractivity contribution in [2.75, 3.05) is 11.9 Å². The SMILES string of the molecule is Cc1cnc(NC(=O)CN2C(=O)N[C@@](C)(c3ccc4ccccc4c3)C2=O)s1. The smallest absolute Gasteiger partial charge is 0.319 e. The molecule has 0 bridgehead atoms. The van der Waals surface area contributed by atoms with Crippen molar-refractivity contribution in [1.82, 2.24) is 15.2 Å². The molecule has 1 aliphatic rings. The van der Waals surface area contributed by atoms with Crippen LogP contribution in [0.15, 0.2) is 48.7 Å². The van der Waals surface area contributed by atoms with Gasteiger partial charge in [0.05, 0.1) is 0 Å². The fourth-order valence-electron chi connectivity index (χ4n) is 3.25. The van der Waals surface area contributed by atoms with Gasteiger partial charge in [0.15, 0.2) is 5.13 Å². The summed E-state index contributed by atoms with van der Waals surface area (Å²) in [5.74, 6) is -0.932. The molecule has 1 aliphatic heterocycles. The summed E-state index contributed by atoms with van der Waals surface area (Å²) in [6.45, 7) is 3.16. The van der Waals surface area contributed by atoms with E-state index < -0.39 is 23.4 Å². The molecule has 0 saturated carbocycles. The lowest BCUT2D eigenvalue weighted by Gasteiger charge is -2.22. The van der Waals surface area contributed by atoms with Crippen LogP contribution in [0.1, 0.15) is 17.4 Å². The maximum atomic E-state index is 13.0. The van der Waals surface area contributed by atoms with Crippen LogP contribution in [0.4, 0.5) is 9.93 Å². The van der Waals surface area contributed by atoms with Crippen molar-refractivity contribution >= 4 is 45.1 Å². The highest BCUT2D eigenvalue weighted by atomic mass is 32.1. The number of nitrogens with one attached hydrogen (secondary N) is 2. The molecule has 4 amide bonds. The number of carbonyl (C=O) groups excluding carboxylic acids is 3. The molecule has 2 heterocycles. The van der Waals surface area contributed by atoms with E-state index in [1.807, 2.05) is 49.4 Å². The third-order valence-corrected chi connectivity index (χ3v) is 5.60. The summed E-state index contributed by atoms with van der Waals surface area (Å²) in [5, 5.41) is 7.80. The average Bonchev–Trinajstić information content (AvgIpc) is 3.17. The Hall–Kier alpha value is -3.26. The fraction of sp³-hybridized carbons (Fsp3) is 0.200. The molecule has 4 rings (SSSR count). The van der Waals surface area contributed by atoms with Crippen molar-refractivity contribution in [2.24, 2.45) is 0 Å². The molecule has 0 radical (unpaired) electrons. The minimum absolute atomic E-state index is 0.369. The van der Waals surface area contributed by atoms with Gasteiger partial charge in [-0.3, -0.25) is 14.5 Å². The Morgan fingerprint density at radius 3 is 2.68 bits per heavy atom. The summed E-state index contributed by atoms with van der Waals surface area (Å²) < 4.78 is 0. The van der Waals surface area contributed by atoms with Crippen molar-refractivity contribution in [3.63, 3.8) is 0 Å². The Kier molecular flexibility index (Phi) is 4.35. The first-order valence-corrected chi connectivity index (χ1v) is 9.54. The molecule has 1 saturated heterocycles. The van der Waals surface area contributed by atoms with Gasteiger partial charge < -0.3 is 10.6 Å². The number of rotatable bonds is 4. The van der Waals surface area contributed by atoms with E-state index >= 15 is 0 Å². The molecular weight excluding hydrogens is 376 g/mol. The molecule has 2 aromatic carbocycles. The summed E-state index contributed by atoms with van der Waals surface area (Å²) in [5.41, 5.74) is -0.554. The van der Waals surface area contributed by atoms with Gasteiger partial charge in [0.2, 0.25) is 5.91 Å². The van der Waals surface area contributed by atoms with Crippen LogP contribution in [-0.4, -0.2) is 34.3 Å². The predicted molar refractivity (Wildman–Crippen MR) is 107 cm³/mol. The molecule has 142 valence electrons. The number of aryl methyl sites for hydroxylation is 1. The molecule has 1 aromatic heterocycles. The quantitative estimate of drug-likeness (QED) is 0.666. The number of thiazole rings is 1. The summed E-state index contributed by atoms with van der Waals surface area (Å²) in [6, 6.07) is 12.8. The van der Waals surface area contributed by atoms with Gasteiger partial charge in [-0.1, -0.05) is 36.4 Å². The van der Waals surface area contributed by atoms with Crippen LogP contribution in [0, 0.1) is 6.92 Å². The van der Waals surface area contributed by atoms with E-state index in [4.69, 9.17) is 0 Å². The number of anilines is 1. The number of amides is 4. The molecule has 7 nitrogen and oxygen atoms in total. The molecule has 2 N–H and O–H groups in total. The number of carbonyl (C=O) groups is 3. The van der Waals surface area contributed by atoms with Crippen LogP contribution in [0.5, 0.6) is 0 Å². The van der Waals surface area contributed by atoms with Gasteiger partial charge in [-0.15, -0.1) is 11.3 Å². The van der Waals surface area contributed by atoms with Crippen LogP contribution in [0.2, 0.25) is 0 Å². The zero-order chi connectivity index (χ0) is 19.9. The fourth-order valence-corrected chi connectivity index (χ4v) is 3.93. The molecule has 1 fully saturated rings. The maximum Gasteiger partial charge on any atom is 0.325 e. The van der Waals surface area contributed by atoms with Crippen LogP contribution in [0.3, 0.4) is 0 Å². The zero-order valence-corrected chi connectivity index (χ0v) is 16.2.